The Balaban J connectivity index is 1.43. The van der Waals surface area contributed by atoms with Gasteiger partial charge in [-0.3, -0.25) is 0 Å². The van der Waals surface area contributed by atoms with Crippen LogP contribution in [0.15, 0.2) is 55.1 Å². The van der Waals surface area contributed by atoms with Crippen molar-refractivity contribution < 1.29 is 14.2 Å². The summed E-state index contributed by atoms with van der Waals surface area (Å²) in [5.74, 6) is 0.216. The number of ether oxygens (including phenoxy) is 3. The molecule has 0 saturated carbocycles. The van der Waals surface area contributed by atoms with Crippen molar-refractivity contribution in [2.75, 3.05) is 13.2 Å². The third-order valence-electron chi connectivity index (χ3n) is 5.62. The molecule has 2 heterocycles. The highest BCUT2D eigenvalue weighted by Crippen LogP contribution is 2.32. The molecule has 2 unspecified atom stereocenters. The van der Waals surface area contributed by atoms with Crippen molar-refractivity contribution in [3.05, 3.63) is 82.4 Å². The van der Waals surface area contributed by atoms with E-state index in [4.69, 9.17) is 25.8 Å². The summed E-state index contributed by atoms with van der Waals surface area (Å²) < 4.78 is 20.9. The van der Waals surface area contributed by atoms with Gasteiger partial charge in [0.05, 0.1) is 19.5 Å². The zero-order valence-corrected chi connectivity index (χ0v) is 19.1. The Labute approximate surface area is 188 Å². The van der Waals surface area contributed by atoms with E-state index in [-0.39, 0.29) is 6.10 Å². The molecule has 5 nitrogen and oxygen atoms in total. The van der Waals surface area contributed by atoms with Gasteiger partial charge in [-0.2, -0.15) is 0 Å². The molecule has 0 amide bonds. The van der Waals surface area contributed by atoms with Crippen LogP contribution in [-0.2, 0) is 22.4 Å². The first-order chi connectivity index (χ1) is 14.9. The molecule has 3 aromatic rings. The molecule has 1 aliphatic rings. The molecule has 2 aromatic carbocycles. The smallest absolute Gasteiger partial charge is 0.187 e. The van der Waals surface area contributed by atoms with Crippen molar-refractivity contribution in [2.45, 2.75) is 52.0 Å². The standard InChI is InChI=1S/C25H29ClN2O3/c1-18-12-19(2)24(20(3)13-18)29-14-23-15-30-25(31-23,16-28-11-10-27-17-28)9-8-21-4-6-22(26)7-5-21/h4-7,10-13,17,23H,8-9,14-16H2,1-3H3. The monoisotopic (exact) mass is 440 g/mol. The van der Waals surface area contributed by atoms with E-state index in [0.717, 1.165) is 34.7 Å². The maximum atomic E-state index is 6.47. The van der Waals surface area contributed by atoms with Crippen LogP contribution in [-0.4, -0.2) is 34.7 Å². The van der Waals surface area contributed by atoms with Crippen LogP contribution >= 0.6 is 11.6 Å². The van der Waals surface area contributed by atoms with Crippen molar-refractivity contribution in [3.8, 4) is 5.75 Å². The average Bonchev–Trinajstić information content (AvgIpc) is 3.37. The molecule has 2 atom stereocenters. The Kier molecular flexibility index (Phi) is 6.65. The molecule has 6 heteroatoms. The molecule has 31 heavy (non-hydrogen) atoms. The van der Waals surface area contributed by atoms with Gasteiger partial charge in [0.2, 0.25) is 0 Å². The normalized spacial score (nSPS) is 20.8. The minimum atomic E-state index is -0.717. The number of imidazole rings is 1. The first-order valence-electron chi connectivity index (χ1n) is 10.6. The van der Waals surface area contributed by atoms with E-state index in [9.17, 15) is 0 Å². The van der Waals surface area contributed by atoms with Crippen LogP contribution in [0.25, 0.3) is 0 Å². The molecular formula is C25H29ClN2O3. The highest BCUT2D eigenvalue weighted by Gasteiger charge is 2.42. The number of hydrogen-bond acceptors (Lipinski definition) is 4. The second-order valence-electron chi connectivity index (χ2n) is 8.36. The number of aryl methyl sites for hydroxylation is 4. The van der Waals surface area contributed by atoms with Gasteiger partial charge in [0.15, 0.2) is 5.79 Å². The minimum absolute atomic E-state index is 0.131. The average molecular weight is 441 g/mol. The van der Waals surface area contributed by atoms with Gasteiger partial charge >= 0.3 is 0 Å². The number of hydrogen-bond donors (Lipinski definition) is 0. The zero-order chi connectivity index (χ0) is 21.8. The second kappa shape index (κ2) is 9.43. The zero-order valence-electron chi connectivity index (χ0n) is 18.3. The van der Waals surface area contributed by atoms with E-state index in [1.807, 2.05) is 35.0 Å². The molecule has 1 saturated heterocycles. The van der Waals surface area contributed by atoms with Crippen LogP contribution in [0.3, 0.4) is 0 Å². The molecule has 164 valence electrons. The van der Waals surface area contributed by atoms with Crippen LogP contribution in [0.1, 0.15) is 28.7 Å². The fourth-order valence-electron chi connectivity index (χ4n) is 4.21. The third kappa shape index (κ3) is 5.48. The quantitative estimate of drug-likeness (QED) is 0.477. The summed E-state index contributed by atoms with van der Waals surface area (Å²) in [5, 5.41) is 0.740. The summed E-state index contributed by atoms with van der Waals surface area (Å²) >= 11 is 6.02. The Morgan fingerprint density at radius 2 is 1.90 bits per heavy atom. The van der Waals surface area contributed by atoms with Gasteiger partial charge in [-0.1, -0.05) is 41.4 Å². The Morgan fingerprint density at radius 1 is 1.16 bits per heavy atom. The van der Waals surface area contributed by atoms with Gasteiger partial charge in [0.25, 0.3) is 0 Å². The molecule has 0 bridgehead atoms. The fraction of sp³-hybridized carbons (Fsp3) is 0.400. The Hall–Kier alpha value is -2.34. The van der Waals surface area contributed by atoms with Crippen LogP contribution < -0.4 is 4.74 Å². The lowest BCUT2D eigenvalue weighted by Crippen LogP contribution is -2.37. The van der Waals surface area contributed by atoms with Crippen molar-refractivity contribution in [2.24, 2.45) is 0 Å². The number of nitrogens with zero attached hydrogens (tertiary/aromatic N) is 2. The minimum Gasteiger partial charge on any atom is -0.490 e. The van der Waals surface area contributed by atoms with Crippen LogP contribution in [0.2, 0.25) is 5.02 Å². The van der Waals surface area contributed by atoms with Gasteiger partial charge < -0.3 is 18.8 Å². The SMILES string of the molecule is Cc1cc(C)c(OCC2COC(CCc3ccc(Cl)cc3)(Cn3ccnc3)O2)c(C)c1. The van der Waals surface area contributed by atoms with Crippen molar-refractivity contribution in [3.63, 3.8) is 0 Å². The first kappa shape index (κ1) is 21.9. The van der Waals surface area contributed by atoms with Crippen molar-refractivity contribution in [1.82, 2.24) is 9.55 Å². The van der Waals surface area contributed by atoms with Gasteiger partial charge in [0.1, 0.15) is 18.5 Å². The molecule has 4 rings (SSSR count). The molecule has 0 radical (unpaired) electrons. The molecular weight excluding hydrogens is 412 g/mol. The second-order valence-corrected chi connectivity index (χ2v) is 8.80. The fourth-order valence-corrected chi connectivity index (χ4v) is 4.33. The number of rotatable bonds is 8. The molecule has 0 N–H and O–H groups in total. The van der Waals surface area contributed by atoms with E-state index >= 15 is 0 Å². The summed E-state index contributed by atoms with van der Waals surface area (Å²) in [7, 11) is 0. The largest absolute Gasteiger partial charge is 0.490 e. The van der Waals surface area contributed by atoms with Crippen LogP contribution in [0.4, 0.5) is 0 Å². The number of halogens is 1. The van der Waals surface area contributed by atoms with E-state index < -0.39 is 5.79 Å². The van der Waals surface area contributed by atoms with Gasteiger partial charge in [-0.15, -0.1) is 0 Å². The lowest BCUT2D eigenvalue weighted by atomic mass is 10.0. The summed E-state index contributed by atoms with van der Waals surface area (Å²) in [6, 6.07) is 12.2. The first-order valence-corrected chi connectivity index (χ1v) is 11.0. The van der Waals surface area contributed by atoms with Crippen molar-refractivity contribution in [1.29, 1.82) is 0 Å². The van der Waals surface area contributed by atoms with E-state index in [0.29, 0.717) is 19.8 Å². The van der Waals surface area contributed by atoms with E-state index in [2.05, 4.69) is 37.9 Å². The van der Waals surface area contributed by atoms with E-state index in [1.165, 1.54) is 11.1 Å². The van der Waals surface area contributed by atoms with Crippen molar-refractivity contribution >= 4 is 11.6 Å². The Bertz CT molecular complexity index is 981. The maximum absolute atomic E-state index is 6.47. The van der Waals surface area contributed by atoms with Crippen LogP contribution in [0, 0.1) is 20.8 Å². The lowest BCUT2D eigenvalue weighted by Gasteiger charge is -2.29. The molecule has 0 aliphatic carbocycles. The maximum Gasteiger partial charge on any atom is 0.187 e. The van der Waals surface area contributed by atoms with Gasteiger partial charge in [-0.05, 0) is 56.0 Å². The topological polar surface area (TPSA) is 45.5 Å². The molecule has 1 aliphatic heterocycles. The predicted molar refractivity (Wildman–Crippen MR) is 122 cm³/mol. The van der Waals surface area contributed by atoms with Gasteiger partial charge in [0, 0.05) is 23.8 Å². The molecule has 1 aromatic heterocycles. The number of aromatic nitrogens is 2. The highest BCUT2D eigenvalue weighted by atomic mass is 35.5. The van der Waals surface area contributed by atoms with E-state index in [1.54, 1.807) is 12.5 Å². The summed E-state index contributed by atoms with van der Waals surface area (Å²) in [5.41, 5.74) is 4.73. The summed E-state index contributed by atoms with van der Waals surface area (Å²) in [6.07, 6.45) is 6.92. The van der Waals surface area contributed by atoms with Gasteiger partial charge in [-0.25, -0.2) is 4.98 Å². The third-order valence-corrected chi connectivity index (χ3v) is 5.87. The summed E-state index contributed by atoms with van der Waals surface area (Å²) in [4.78, 5) is 4.16. The summed E-state index contributed by atoms with van der Waals surface area (Å²) in [6.45, 7) is 7.80. The molecule has 0 spiro atoms. The Morgan fingerprint density at radius 3 is 2.58 bits per heavy atom. The highest BCUT2D eigenvalue weighted by molar-refractivity contribution is 6.30. The lowest BCUT2D eigenvalue weighted by molar-refractivity contribution is -0.184. The predicted octanol–water partition coefficient (Wildman–Crippen LogP) is 5.29. The van der Waals surface area contributed by atoms with Crippen LogP contribution in [0.5, 0.6) is 5.75 Å². The number of benzene rings is 2. The molecule has 1 fully saturated rings.